The van der Waals surface area contributed by atoms with Gasteiger partial charge in [0.2, 0.25) is 4.93 Å². The minimum atomic E-state index is -1.76. The zero-order valence-corrected chi connectivity index (χ0v) is 19.0. The molecule has 1 aromatic rings. The summed E-state index contributed by atoms with van der Waals surface area (Å²) >= 11 is 0.996. The molecule has 5 atom stereocenters. The fourth-order valence-electron chi connectivity index (χ4n) is 3.37. The molecule has 1 aliphatic heterocycles. The summed E-state index contributed by atoms with van der Waals surface area (Å²) in [7, 11) is 1.17. The predicted octanol–water partition coefficient (Wildman–Crippen LogP) is 1.22. The minimum absolute atomic E-state index is 0.231. The number of methoxy groups -OCH3 is 1. The van der Waals surface area contributed by atoms with E-state index < -0.39 is 59.8 Å². The normalized spacial score (nSPS) is 25.8. The van der Waals surface area contributed by atoms with Crippen molar-refractivity contribution in [3.05, 3.63) is 30.3 Å². The van der Waals surface area contributed by atoms with Gasteiger partial charge in [0.25, 0.3) is 0 Å². The second-order valence-electron chi connectivity index (χ2n) is 7.00. The number of esters is 4. The van der Waals surface area contributed by atoms with Crippen molar-refractivity contribution in [1.29, 1.82) is 0 Å². The van der Waals surface area contributed by atoms with Crippen molar-refractivity contribution in [3.63, 3.8) is 0 Å². The zero-order chi connectivity index (χ0) is 23.9. The predicted molar refractivity (Wildman–Crippen MR) is 110 cm³/mol. The lowest BCUT2D eigenvalue weighted by Gasteiger charge is -2.46. The lowest BCUT2D eigenvalue weighted by Crippen LogP contribution is -2.63. The van der Waals surface area contributed by atoms with Crippen LogP contribution in [0.4, 0.5) is 0 Å². The minimum Gasteiger partial charge on any atom is -0.466 e. The lowest BCUT2D eigenvalue weighted by molar-refractivity contribution is -0.240. The van der Waals surface area contributed by atoms with E-state index in [-0.39, 0.29) is 6.42 Å². The first-order valence-electron chi connectivity index (χ1n) is 9.74. The van der Waals surface area contributed by atoms with Crippen molar-refractivity contribution in [2.24, 2.45) is 0 Å². The van der Waals surface area contributed by atoms with Crippen LogP contribution in [0.3, 0.4) is 0 Å². The Hall–Kier alpha value is -2.63. The number of hydrogen-bond donors (Lipinski definition) is 1. The number of aliphatic hydroxyl groups is 1. The molecule has 32 heavy (non-hydrogen) atoms. The molecule has 1 aromatic carbocycles. The van der Waals surface area contributed by atoms with E-state index in [0.29, 0.717) is 4.90 Å². The quantitative estimate of drug-likeness (QED) is 0.434. The highest BCUT2D eigenvalue weighted by Gasteiger charge is 2.58. The topological polar surface area (TPSA) is 135 Å². The Morgan fingerprint density at radius 2 is 1.72 bits per heavy atom. The van der Waals surface area contributed by atoms with Gasteiger partial charge in [-0.05, 0) is 12.1 Å². The van der Waals surface area contributed by atoms with Gasteiger partial charge in [0.05, 0.1) is 13.7 Å². The molecule has 1 N–H and O–H groups in total. The largest absolute Gasteiger partial charge is 0.466 e. The van der Waals surface area contributed by atoms with E-state index in [4.69, 9.17) is 23.7 Å². The van der Waals surface area contributed by atoms with Crippen LogP contribution < -0.4 is 0 Å². The fourth-order valence-corrected chi connectivity index (χ4v) is 4.61. The van der Waals surface area contributed by atoms with Crippen molar-refractivity contribution < 1.29 is 48.0 Å². The number of ether oxygens (including phenoxy) is 5. The molecular weight excluding hydrogens is 444 g/mol. The Labute approximate surface area is 189 Å². The van der Waals surface area contributed by atoms with Crippen molar-refractivity contribution in [3.8, 4) is 0 Å². The molecule has 0 amide bonds. The molecule has 0 aromatic heterocycles. The van der Waals surface area contributed by atoms with E-state index in [1.165, 1.54) is 7.11 Å². The Bertz CT molecular complexity index is 829. The zero-order valence-electron chi connectivity index (χ0n) is 18.1. The molecule has 1 saturated heterocycles. The highest BCUT2D eigenvalue weighted by molar-refractivity contribution is 8.01. The van der Waals surface area contributed by atoms with Gasteiger partial charge in [-0.3, -0.25) is 14.4 Å². The molecule has 0 radical (unpaired) electrons. The smallest absolute Gasteiger partial charge is 0.349 e. The number of carbonyl (C=O) groups excluding carboxylic acids is 4. The van der Waals surface area contributed by atoms with Gasteiger partial charge >= 0.3 is 23.9 Å². The first-order valence-corrected chi connectivity index (χ1v) is 10.6. The number of rotatable bonds is 8. The average Bonchev–Trinajstić information content (AvgIpc) is 2.73. The summed E-state index contributed by atoms with van der Waals surface area (Å²) in [5.74, 6) is -2.94. The Morgan fingerprint density at radius 3 is 2.22 bits per heavy atom. The van der Waals surface area contributed by atoms with Crippen molar-refractivity contribution in [2.75, 3.05) is 13.7 Å². The molecule has 0 saturated carbocycles. The van der Waals surface area contributed by atoms with Crippen LogP contribution >= 0.6 is 11.8 Å². The number of carbonyl (C=O) groups is 4. The van der Waals surface area contributed by atoms with E-state index in [2.05, 4.69) is 0 Å². The van der Waals surface area contributed by atoms with E-state index in [0.717, 1.165) is 32.5 Å². The van der Waals surface area contributed by atoms with Crippen LogP contribution in [0.5, 0.6) is 0 Å². The molecule has 1 fully saturated rings. The average molecular weight is 470 g/mol. The number of benzene rings is 1. The Morgan fingerprint density at radius 1 is 1.09 bits per heavy atom. The second-order valence-corrected chi connectivity index (χ2v) is 8.33. The molecule has 1 aliphatic rings. The maximum atomic E-state index is 12.9. The van der Waals surface area contributed by atoms with Gasteiger partial charge in [-0.2, -0.15) is 0 Å². The van der Waals surface area contributed by atoms with Crippen molar-refractivity contribution in [2.45, 2.75) is 61.4 Å². The summed E-state index contributed by atoms with van der Waals surface area (Å²) < 4.78 is 26.9. The van der Waals surface area contributed by atoms with Crippen LogP contribution in [-0.4, -0.2) is 72.0 Å². The van der Waals surface area contributed by atoms with E-state index in [1.807, 2.05) is 0 Å². The molecular formula is C21H26O10S. The molecule has 0 bridgehead atoms. The first-order chi connectivity index (χ1) is 15.1. The number of aliphatic hydroxyl groups excluding tert-OH is 1. The highest BCUT2D eigenvalue weighted by Crippen LogP contribution is 2.46. The molecule has 0 unspecified atom stereocenters. The van der Waals surface area contributed by atoms with Crippen LogP contribution in [0.1, 0.15) is 27.2 Å². The Balaban J connectivity index is 2.58. The van der Waals surface area contributed by atoms with Gasteiger partial charge in [-0.1, -0.05) is 30.0 Å². The van der Waals surface area contributed by atoms with E-state index in [9.17, 15) is 24.3 Å². The van der Waals surface area contributed by atoms with Gasteiger partial charge < -0.3 is 28.8 Å². The monoisotopic (exact) mass is 470 g/mol. The first kappa shape index (κ1) is 25.6. The summed E-state index contributed by atoms with van der Waals surface area (Å²) in [5.41, 5.74) is 0. The van der Waals surface area contributed by atoms with E-state index in [1.54, 1.807) is 30.3 Å². The van der Waals surface area contributed by atoms with Crippen LogP contribution in [0.25, 0.3) is 0 Å². The fraction of sp³-hybridized carbons (Fsp3) is 0.524. The van der Waals surface area contributed by atoms with Crippen molar-refractivity contribution >= 4 is 35.6 Å². The van der Waals surface area contributed by atoms with Crippen molar-refractivity contribution in [1.82, 2.24) is 0 Å². The molecule has 11 heteroatoms. The molecule has 176 valence electrons. The Kier molecular flexibility index (Phi) is 9.05. The number of thioether (sulfide) groups is 1. The maximum Gasteiger partial charge on any atom is 0.349 e. The summed E-state index contributed by atoms with van der Waals surface area (Å²) in [6.07, 6.45) is -5.32. The molecule has 2 rings (SSSR count). The summed E-state index contributed by atoms with van der Waals surface area (Å²) in [6.45, 7) is 2.72. The second kappa shape index (κ2) is 11.3. The number of hydrogen-bond acceptors (Lipinski definition) is 11. The molecule has 10 nitrogen and oxygen atoms in total. The van der Waals surface area contributed by atoms with Crippen LogP contribution in [-0.2, 0) is 42.9 Å². The van der Waals surface area contributed by atoms with Crippen LogP contribution in [0, 0.1) is 0 Å². The third-order valence-corrected chi connectivity index (χ3v) is 5.76. The summed E-state index contributed by atoms with van der Waals surface area (Å²) in [4.78, 5) is 47.0. The lowest BCUT2D eigenvalue weighted by atomic mass is 9.93. The summed E-state index contributed by atoms with van der Waals surface area (Å²) in [5, 5.41) is 9.87. The van der Waals surface area contributed by atoms with Gasteiger partial charge in [0.15, 0.2) is 12.2 Å². The van der Waals surface area contributed by atoms with Gasteiger partial charge in [0.1, 0.15) is 12.2 Å². The van der Waals surface area contributed by atoms with Crippen LogP contribution in [0.2, 0.25) is 0 Å². The van der Waals surface area contributed by atoms with Gasteiger partial charge in [0, 0.05) is 32.1 Å². The molecule has 1 heterocycles. The van der Waals surface area contributed by atoms with Gasteiger partial charge in [-0.25, -0.2) is 4.79 Å². The molecule has 0 aliphatic carbocycles. The third kappa shape index (κ3) is 6.44. The van der Waals surface area contributed by atoms with Crippen LogP contribution in [0.15, 0.2) is 35.2 Å². The summed E-state index contributed by atoms with van der Waals surface area (Å²) in [6, 6.07) is 8.79. The highest BCUT2D eigenvalue weighted by atomic mass is 32.2. The SMILES string of the molecule is COC(=O)[C@]1(Sc2ccccc2)C[C@@H](OC(C)=O)[C@@H](OC(C)=O)[C@@H]([C@@H](CO)OC(C)=O)O1. The molecule has 0 spiro atoms. The third-order valence-electron chi connectivity index (χ3n) is 4.49. The van der Waals surface area contributed by atoms with E-state index >= 15 is 0 Å². The standard InChI is InChI=1S/C21H26O10S/c1-12(23)28-16-10-21(20(26)27-4,32-15-8-6-5-7-9-15)31-19(18(16)30-14(3)25)17(11-22)29-13(2)24/h5-9,16-19,22H,10-11H2,1-4H3/t16-,17-,18-,19-,21-/m1/s1. The maximum absolute atomic E-state index is 12.9. The van der Waals surface area contributed by atoms with Gasteiger partial charge in [-0.15, -0.1) is 0 Å².